The summed E-state index contributed by atoms with van der Waals surface area (Å²) in [7, 11) is 0. The monoisotopic (exact) mass is 362 g/mol. The number of hydrogen-bond acceptors (Lipinski definition) is 5. The lowest BCUT2D eigenvalue weighted by Crippen LogP contribution is -2.43. The van der Waals surface area contributed by atoms with E-state index >= 15 is 0 Å². The van der Waals surface area contributed by atoms with Gasteiger partial charge in [0, 0.05) is 48.8 Å². The van der Waals surface area contributed by atoms with Crippen molar-refractivity contribution in [3.8, 4) is 0 Å². The Morgan fingerprint density at radius 2 is 1.92 bits per heavy atom. The van der Waals surface area contributed by atoms with Crippen molar-refractivity contribution in [2.75, 3.05) is 11.5 Å². The maximum Gasteiger partial charge on any atom is 0.223 e. The molecule has 1 atom stereocenters. The van der Waals surface area contributed by atoms with Crippen molar-refractivity contribution in [3.63, 3.8) is 0 Å². The first-order chi connectivity index (χ1) is 12.2. The van der Waals surface area contributed by atoms with Crippen molar-refractivity contribution in [1.82, 2.24) is 20.6 Å². The quantitative estimate of drug-likeness (QED) is 0.805. The zero-order valence-electron chi connectivity index (χ0n) is 14.4. The molecule has 2 fully saturated rings. The van der Waals surface area contributed by atoms with Crippen LogP contribution >= 0.6 is 11.8 Å². The molecule has 1 aliphatic carbocycles. The molecule has 3 rings (SSSR count). The molecule has 136 valence electrons. The van der Waals surface area contributed by atoms with Crippen LogP contribution in [0.1, 0.15) is 44.2 Å². The van der Waals surface area contributed by atoms with Gasteiger partial charge < -0.3 is 10.6 Å². The third-order valence-electron chi connectivity index (χ3n) is 4.96. The zero-order valence-corrected chi connectivity index (χ0v) is 15.3. The van der Waals surface area contributed by atoms with Gasteiger partial charge in [-0.15, -0.1) is 0 Å². The summed E-state index contributed by atoms with van der Waals surface area (Å²) in [6.45, 7) is 0. The minimum absolute atomic E-state index is 0.0570. The number of hydrogen-bond donors (Lipinski definition) is 2. The lowest BCUT2D eigenvalue weighted by molar-refractivity contribution is -0.126. The Morgan fingerprint density at radius 1 is 1.08 bits per heavy atom. The molecule has 0 radical (unpaired) electrons. The van der Waals surface area contributed by atoms with Crippen LogP contribution in [-0.4, -0.2) is 45.4 Å². The molecule has 1 aliphatic heterocycles. The van der Waals surface area contributed by atoms with Crippen molar-refractivity contribution < 1.29 is 9.59 Å². The minimum atomic E-state index is 0.0570. The number of aromatic nitrogens is 2. The maximum atomic E-state index is 12.3. The Kier molecular flexibility index (Phi) is 6.67. The number of rotatable bonds is 6. The summed E-state index contributed by atoms with van der Waals surface area (Å²) in [6, 6.07) is 0.552. The van der Waals surface area contributed by atoms with Crippen LogP contribution in [0.25, 0.3) is 0 Å². The molecule has 0 aromatic carbocycles. The average Bonchev–Trinajstić information content (AvgIpc) is 3.14. The highest BCUT2D eigenvalue weighted by atomic mass is 32.2. The molecule has 2 heterocycles. The topological polar surface area (TPSA) is 84.0 Å². The molecule has 6 nitrogen and oxygen atoms in total. The van der Waals surface area contributed by atoms with E-state index in [-0.39, 0.29) is 23.8 Å². The van der Waals surface area contributed by atoms with Gasteiger partial charge in [0.05, 0.1) is 5.69 Å². The fourth-order valence-corrected chi connectivity index (χ4v) is 4.62. The lowest BCUT2D eigenvalue weighted by Gasteiger charge is -2.29. The van der Waals surface area contributed by atoms with Crippen LogP contribution in [0.2, 0.25) is 0 Å². The number of aryl methyl sites for hydroxylation is 1. The molecule has 7 heteroatoms. The van der Waals surface area contributed by atoms with E-state index in [2.05, 4.69) is 20.6 Å². The molecule has 2 amide bonds. The molecular weight excluding hydrogens is 336 g/mol. The van der Waals surface area contributed by atoms with Gasteiger partial charge >= 0.3 is 0 Å². The highest BCUT2D eigenvalue weighted by Gasteiger charge is 2.28. The average molecular weight is 362 g/mol. The van der Waals surface area contributed by atoms with E-state index < -0.39 is 0 Å². The number of thioether (sulfide) groups is 1. The molecule has 2 N–H and O–H groups in total. The Hall–Kier alpha value is -1.63. The van der Waals surface area contributed by atoms with Gasteiger partial charge in [-0.1, -0.05) is 0 Å². The lowest BCUT2D eigenvalue weighted by atomic mass is 9.85. The van der Waals surface area contributed by atoms with Gasteiger partial charge in [-0.2, -0.15) is 11.8 Å². The summed E-state index contributed by atoms with van der Waals surface area (Å²) < 4.78 is 0. The van der Waals surface area contributed by atoms with Crippen molar-refractivity contribution in [1.29, 1.82) is 0 Å². The van der Waals surface area contributed by atoms with E-state index in [1.807, 2.05) is 11.8 Å². The molecule has 1 aromatic heterocycles. The van der Waals surface area contributed by atoms with Crippen molar-refractivity contribution >= 4 is 23.6 Å². The van der Waals surface area contributed by atoms with Gasteiger partial charge in [0.25, 0.3) is 0 Å². The Balaban J connectivity index is 1.34. The summed E-state index contributed by atoms with van der Waals surface area (Å²) in [5.74, 6) is 2.57. The van der Waals surface area contributed by atoms with E-state index in [1.165, 1.54) is 0 Å². The molecule has 1 unspecified atom stereocenters. The summed E-state index contributed by atoms with van der Waals surface area (Å²) in [5, 5.41) is 6.28. The molecule has 1 saturated carbocycles. The first kappa shape index (κ1) is 18.2. The number of nitrogens with zero attached hydrogens (tertiary/aromatic N) is 2. The van der Waals surface area contributed by atoms with Crippen LogP contribution in [-0.2, 0) is 16.0 Å². The number of amides is 2. The molecule has 0 bridgehead atoms. The second-order valence-electron chi connectivity index (χ2n) is 6.88. The van der Waals surface area contributed by atoms with Gasteiger partial charge in [-0.3, -0.25) is 19.6 Å². The summed E-state index contributed by atoms with van der Waals surface area (Å²) in [4.78, 5) is 32.6. The first-order valence-corrected chi connectivity index (χ1v) is 10.3. The van der Waals surface area contributed by atoms with Crippen molar-refractivity contribution in [2.24, 2.45) is 5.92 Å². The number of nitrogens with one attached hydrogen (secondary N) is 2. The van der Waals surface area contributed by atoms with E-state index in [1.54, 1.807) is 18.6 Å². The van der Waals surface area contributed by atoms with Gasteiger partial charge in [-0.25, -0.2) is 0 Å². The first-order valence-electron chi connectivity index (χ1n) is 9.13. The van der Waals surface area contributed by atoms with Gasteiger partial charge in [0.1, 0.15) is 0 Å². The van der Waals surface area contributed by atoms with E-state index in [4.69, 9.17) is 0 Å². The van der Waals surface area contributed by atoms with Crippen LogP contribution in [0.5, 0.6) is 0 Å². The molecule has 2 aliphatic rings. The molecule has 25 heavy (non-hydrogen) atoms. The molecule has 1 aromatic rings. The van der Waals surface area contributed by atoms with Gasteiger partial charge in [0.2, 0.25) is 11.8 Å². The fraction of sp³-hybridized carbons (Fsp3) is 0.667. The summed E-state index contributed by atoms with van der Waals surface area (Å²) >= 11 is 1.91. The Bertz CT molecular complexity index is 570. The highest BCUT2D eigenvalue weighted by molar-refractivity contribution is 7.99. The van der Waals surface area contributed by atoms with Crippen molar-refractivity contribution in [2.45, 2.75) is 57.0 Å². The predicted octanol–water partition coefficient (Wildman–Crippen LogP) is 1.71. The van der Waals surface area contributed by atoms with Crippen LogP contribution in [0.3, 0.4) is 0 Å². The third-order valence-corrected chi connectivity index (χ3v) is 6.13. The minimum Gasteiger partial charge on any atom is -0.353 e. The second kappa shape index (κ2) is 9.17. The second-order valence-corrected chi connectivity index (χ2v) is 8.03. The van der Waals surface area contributed by atoms with Crippen molar-refractivity contribution in [3.05, 3.63) is 24.3 Å². The third kappa shape index (κ3) is 5.70. The maximum absolute atomic E-state index is 12.3. The SMILES string of the molecule is O=C(CCc1cnccn1)NC1CCC(C(=O)NC2CCSC2)CC1. The van der Waals surface area contributed by atoms with Crippen LogP contribution in [0.4, 0.5) is 0 Å². The fourth-order valence-electron chi connectivity index (χ4n) is 3.47. The zero-order chi connectivity index (χ0) is 17.5. The highest BCUT2D eigenvalue weighted by Crippen LogP contribution is 2.25. The van der Waals surface area contributed by atoms with E-state index in [9.17, 15) is 9.59 Å². The largest absolute Gasteiger partial charge is 0.353 e. The normalized spacial score (nSPS) is 26.2. The summed E-state index contributed by atoms with van der Waals surface area (Å²) in [6.07, 6.45) is 10.6. The van der Waals surface area contributed by atoms with Gasteiger partial charge in [0.15, 0.2) is 0 Å². The van der Waals surface area contributed by atoms with Crippen LogP contribution in [0.15, 0.2) is 18.6 Å². The Labute approximate surface area is 153 Å². The summed E-state index contributed by atoms with van der Waals surface area (Å²) in [5.41, 5.74) is 0.836. The van der Waals surface area contributed by atoms with Crippen LogP contribution < -0.4 is 10.6 Å². The number of carbonyl (C=O) groups is 2. The standard InChI is InChI=1S/C18H26N4O2S/c23-17(6-5-15-11-19-8-9-20-15)21-14-3-1-13(2-4-14)18(24)22-16-7-10-25-12-16/h8-9,11,13-14,16H,1-7,10,12H2,(H,21,23)(H,22,24). The number of carbonyl (C=O) groups excluding carboxylic acids is 2. The van der Waals surface area contributed by atoms with E-state index in [0.29, 0.717) is 18.9 Å². The molecule has 0 spiro atoms. The smallest absolute Gasteiger partial charge is 0.223 e. The molecule has 1 saturated heterocycles. The van der Waals surface area contributed by atoms with E-state index in [0.717, 1.165) is 49.3 Å². The Morgan fingerprint density at radius 3 is 2.60 bits per heavy atom. The van der Waals surface area contributed by atoms with Gasteiger partial charge in [-0.05, 0) is 44.3 Å². The predicted molar refractivity (Wildman–Crippen MR) is 98.1 cm³/mol. The molecular formula is C18H26N4O2S. The van der Waals surface area contributed by atoms with Crippen LogP contribution in [0, 0.1) is 5.92 Å².